The molecule has 2 aromatic rings. The lowest BCUT2D eigenvalue weighted by molar-refractivity contribution is -0.123. The van der Waals surface area contributed by atoms with Crippen LogP contribution in [0.15, 0.2) is 6.07 Å². The molecule has 2 heterocycles. The predicted molar refractivity (Wildman–Crippen MR) is 66.4 cm³/mol. The van der Waals surface area contributed by atoms with E-state index in [0.29, 0.717) is 22.4 Å². The predicted octanol–water partition coefficient (Wildman–Crippen LogP) is 1.88. The summed E-state index contributed by atoms with van der Waals surface area (Å²) in [5.74, 6) is -0.794. The summed E-state index contributed by atoms with van der Waals surface area (Å²) in [4.78, 5) is 16.0. The molecule has 0 spiro atoms. The Labute approximate surface area is 112 Å². The van der Waals surface area contributed by atoms with Gasteiger partial charge in [-0.25, -0.2) is 4.98 Å². The van der Waals surface area contributed by atoms with Crippen LogP contribution in [0, 0.1) is 13.8 Å². The number of rotatable bonds is 2. The zero-order valence-corrected chi connectivity index (χ0v) is 11.2. The van der Waals surface area contributed by atoms with Crippen LogP contribution in [0.5, 0.6) is 0 Å². The molecule has 0 aromatic carbocycles. The number of nitrogens with zero attached hydrogens (tertiary/aromatic N) is 3. The van der Waals surface area contributed by atoms with E-state index in [2.05, 4.69) is 10.1 Å². The average Bonchev–Trinajstić information content (AvgIpc) is 2.60. The number of aryl methyl sites for hydroxylation is 3. The fraction of sp³-hybridized carbons (Fsp3) is 0.417. The Morgan fingerprint density at radius 1 is 1.35 bits per heavy atom. The summed E-state index contributed by atoms with van der Waals surface area (Å²) < 4.78 is 37.9. The van der Waals surface area contributed by atoms with Crippen molar-refractivity contribution in [1.29, 1.82) is 0 Å². The minimum absolute atomic E-state index is 0.123. The van der Waals surface area contributed by atoms with E-state index in [-0.39, 0.29) is 5.56 Å². The molecule has 0 aliphatic rings. The molecule has 1 amide bonds. The molecule has 0 fully saturated rings. The lowest BCUT2D eigenvalue weighted by Gasteiger charge is -2.10. The number of alkyl halides is 3. The van der Waals surface area contributed by atoms with E-state index in [0.717, 1.165) is 0 Å². The van der Waals surface area contributed by atoms with Crippen molar-refractivity contribution < 1.29 is 18.0 Å². The summed E-state index contributed by atoms with van der Waals surface area (Å²) in [7, 11) is 1.71. The van der Waals surface area contributed by atoms with Crippen molar-refractivity contribution in [2.75, 3.05) is 6.54 Å². The van der Waals surface area contributed by atoms with Crippen molar-refractivity contribution in [1.82, 2.24) is 20.1 Å². The van der Waals surface area contributed by atoms with Gasteiger partial charge in [0.1, 0.15) is 6.54 Å². The number of nitrogens with one attached hydrogen (secondary N) is 1. The fourth-order valence-corrected chi connectivity index (χ4v) is 1.94. The Balaban J connectivity index is 2.37. The lowest BCUT2D eigenvalue weighted by atomic mass is 10.1. The third kappa shape index (κ3) is 2.73. The van der Waals surface area contributed by atoms with E-state index < -0.39 is 18.6 Å². The molecule has 0 radical (unpaired) electrons. The third-order valence-electron chi connectivity index (χ3n) is 2.88. The van der Waals surface area contributed by atoms with E-state index in [1.807, 2.05) is 5.32 Å². The second-order valence-corrected chi connectivity index (χ2v) is 4.50. The third-order valence-corrected chi connectivity index (χ3v) is 2.88. The van der Waals surface area contributed by atoms with E-state index in [1.165, 1.54) is 6.07 Å². The van der Waals surface area contributed by atoms with E-state index >= 15 is 0 Å². The number of carbonyl (C=O) groups is 1. The Kier molecular flexibility index (Phi) is 3.41. The largest absolute Gasteiger partial charge is 0.405 e. The smallest absolute Gasteiger partial charge is 0.343 e. The van der Waals surface area contributed by atoms with Crippen molar-refractivity contribution in [2.24, 2.45) is 7.05 Å². The normalized spacial score (nSPS) is 11.9. The highest BCUT2D eigenvalue weighted by atomic mass is 19.4. The standard InChI is InChI=1S/C12H13F3N4O/c1-6-9(11(20)16-5-12(13,14)15)4-8-7(2)18-19(3)10(8)17-6/h4H,5H2,1-3H3,(H,16,20). The summed E-state index contributed by atoms with van der Waals surface area (Å²) in [6, 6.07) is 1.52. The van der Waals surface area contributed by atoms with Gasteiger partial charge in [0, 0.05) is 12.4 Å². The van der Waals surface area contributed by atoms with Crippen molar-refractivity contribution in [3.05, 3.63) is 23.0 Å². The Morgan fingerprint density at radius 3 is 2.60 bits per heavy atom. The maximum atomic E-state index is 12.1. The highest BCUT2D eigenvalue weighted by molar-refractivity contribution is 5.98. The van der Waals surface area contributed by atoms with Crippen LogP contribution in [0.25, 0.3) is 11.0 Å². The second-order valence-electron chi connectivity index (χ2n) is 4.50. The average molecular weight is 286 g/mol. The minimum atomic E-state index is -4.44. The fourth-order valence-electron chi connectivity index (χ4n) is 1.94. The quantitative estimate of drug-likeness (QED) is 0.917. The number of hydrogen-bond donors (Lipinski definition) is 1. The Bertz CT molecular complexity index is 675. The van der Waals surface area contributed by atoms with Gasteiger partial charge in [-0.15, -0.1) is 0 Å². The molecule has 0 aliphatic carbocycles. The second kappa shape index (κ2) is 4.77. The number of amides is 1. The minimum Gasteiger partial charge on any atom is -0.343 e. The van der Waals surface area contributed by atoms with Gasteiger partial charge in [0.05, 0.1) is 17.0 Å². The Hall–Kier alpha value is -2.12. The molecule has 20 heavy (non-hydrogen) atoms. The number of fused-ring (bicyclic) bond motifs is 1. The maximum absolute atomic E-state index is 12.1. The van der Waals surface area contributed by atoms with Crippen LogP contribution >= 0.6 is 0 Å². The van der Waals surface area contributed by atoms with Crippen LogP contribution in [0.3, 0.4) is 0 Å². The topological polar surface area (TPSA) is 59.8 Å². The molecule has 0 unspecified atom stereocenters. The van der Waals surface area contributed by atoms with Gasteiger partial charge in [-0.3, -0.25) is 9.48 Å². The highest BCUT2D eigenvalue weighted by Gasteiger charge is 2.28. The van der Waals surface area contributed by atoms with Gasteiger partial charge < -0.3 is 5.32 Å². The summed E-state index contributed by atoms with van der Waals surface area (Å²) in [5.41, 5.74) is 1.74. The molecule has 108 valence electrons. The zero-order valence-electron chi connectivity index (χ0n) is 11.2. The van der Waals surface area contributed by atoms with Crippen LogP contribution < -0.4 is 5.32 Å². The summed E-state index contributed by atoms with van der Waals surface area (Å²) in [5, 5.41) is 6.65. The first-order valence-electron chi connectivity index (χ1n) is 5.85. The molecule has 0 aliphatic heterocycles. The Morgan fingerprint density at radius 2 is 2.00 bits per heavy atom. The molecular weight excluding hydrogens is 273 g/mol. The number of pyridine rings is 1. The van der Waals surface area contributed by atoms with Gasteiger partial charge in [0.25, 0.3) is 5.91 Å². The van der Waals surface area contributed by atoms with Gasteiger partial charge in [-0.2, -0.15) is 18.3 Å². The van der Waals surface area contributed by atoms with E-state index in [1.54, 1.807) is 25.6 Å². The number of hydrogen-bond acceptors (Lipinski definition) is 3. The molecule has 2 aromatic heterocycles. The summed E-state index contributed by atoms with van der Waals surface area (Å²) in [6.45, 7) is 1.95. The lowest BCUT2D eigenvalue weighted by Crippen LogP contribution is -2.34. The highest BCUT2D eigenvalue weighted by Crippen LogP contribution is 2.19. The van der Waals surface area contributed by atoms with Gasteiger partial charge in [-0.1, -0.05) is 0 Å². The molecule has 0 saturated heterocycles. The van der Waals surface area contributed by atoms with Crippen molar-refractivity contribution in [3.63, 3.8) is 0 Å². The molecule has 1 N–H and O–H groups in total. The van der Waals surface area contributed by atoms with Gasteiger partial charge >= 0.3 is 6.18 Å². The molecule has 0 bridgehead atoms. The monoisotopic (exact) mass is 286 g/mol. The van der Waals surface area contributed by atoms with Crippen molar-refractivity contribution in [3.8, 4) is 0 Å². The van der Waals surface area contributed by atoms with Gasteiger partial charge in [0.15, 0.2) is 5.65 Å². The number of aromatic nitrogens is 3. The van der Waals surface area contributed by atoms with Crippen molar-refractivity contribution in [2.45, 2.75) is 20.0 Å². The molecule has 0 atom stereocenters. The first-order chi connectivity index (χ1) is 9.19. The molecular formula is C12H13F3N4O. The van der Waals surface area contributed by atoms with Gasteiger partial charge in [0.2, 0.25) is 0 Å². The first kappa shape index (κ1) is 14.3. The summed E-state index contributed by atoms with van der Waals surface area (Å²) >= 11 is 0. The first-order valence-corrected chi connectivity index (χ1v) is 5.85. The summed E-state index contributed by atoms with van der Waals surface area (Å²) in [6.07, 6.45) is -4.44. The van der Waals surface area contributed by atoms with Crippen LogP contribution in [-0.2, 0) is 7.05 Å². The van der Waals surface area contributed by atoms with Crippen LogP contribution in [0.4, 0.5) is 13.2 Å². The number of halogens is 3. The zero-order chi connectivity index (χ0) is 15.1. The number of carbonyl (C=O) groups excluding carboxylic acids is 1. The molecule has 8 heteroatoms. The SMILES string of the molecule is Cc1nc2c(cc1C(=O)NCC(F)(F)F)c(C)nn2C. The van der Waals surface area contributed by atoms with Crippen LogP contribution in [-0.4, -0.2) is 33.4 Å². The maximum Gasteiger partial charge on any atom is 0.405 e. The van der Waals surface area contributed by atoms with Crippen LogP contribution in [0.2, 0.25) is 0 Å². The van der Waals surface area contributed by atoms with E-state index in [4.69, 9.17) is 0 Å². The molecule has 5 nitrogen and oxygen atoms in total. The van der Waals surface area contributed by atoms with E-state index in [9.17, 15) is 18.0 Å². The van der Waals surface area contributed by atoms with Crippen molar-refractivity contribution >= 4 is 16.9 Å². The molecule has 2 rings (SSSR count). The van der Waals surface area contributed by atoms with Crippen LogP contribution in [0.1, 0.15) is 21.7 Å². The molecule has 0 saturated carbocycles. The van der Waals surface area contributed by atoms with Gasteiger partial charge in [-0.05, 0) is 19.9 Å².